The Morgan fingerprint density at radius 2 is 1.71 bits per heavy atom. The molecule has 0 radical (unpaired) electrons. The van der Waals surface area contributed by atoms with Gasteiger partial charge in [-0.2, -0.15) is 26.3 Å². The largest absolute Gasteiger partial charge is 0.467 e. The van der Waals surface area contributed by atoms with Crippen molar-refractivity contribution in [3.05, 3.63) is 29.3 Å². The summed E-state index contributed by atoms with van der Waals surface area (Å²) in [6.07, 6.45) is -9.01. The summed E-state index contributed by atoms with van der Waals surface area (Å²) in [5, 5.41) is 0. The molecule has 2 N–H and O–H groups in total. The van der Waals surface area contributed by atoms with Gasteiger partial charge < -0.3 is 15.2 Å². The highest BCUT2D eigenvalue weighted by Crippen LogP contribution is 2.37. The summed E-state index contributed by atoms with van der Waals surface area (Å²) in [4.78, 5) is 0. The van der Waals surface area contributed by atoms with E-state index in [-0.39, 0.29) is 13.0 Å². The first-order chi connectivity index (χ1) is 9.63. The van der Waals surface area contributed by atoms with E-state index in [1.54, 1.807) is 0 Å². The quantitative estimate of drug-likeness (QED) is 0.498. The van der Waals surface area contributed by atoms with Crippen molar-refractivity contribution in [2.24, 2.45) is 5.73 Å². The lowest BCUT2D eigenvalue weighted by Gasteiger charge is -2.15. The Labute approximate surface area is 116 Å². The topological polar surface area (TPSA) is 44.5 Å². The Bertz CT molecular complexity index is 458. The van der Waals surface area contributed by atoms with E-state index in [0.717, 1.165) is 12.1 Å². The molecule has 0 aliphatic heterocycles. The number of rotatable bonds is 6. The van der Waals surface area contributed by atoms with Gasteiger partial charge >= 0.3 is 12.4 Å². The molecule has 9 heteroatoms. The zero-order valence-corrected chi connectivity index (χ0v) is 10.7. The molecule has 0 aliphatic carbocycles. The van der Waals surface area contributed by atoms with Crippen molar-refractivity contribution in [1.29, 1.82) is 0 Å². The highest BCUT2D eigenvalue weighted by atomic mass is 19.4. The molecule has 1 aromatic carbocycles. The van der Waals surface area contributed by atoms with E-state index in [1.165, 1.54) is 6.07 Å². The first kappa shape index (κ1) is 17.6. The summed E-state index contributed by atoms with van der Waals surface area (Å²) >= 11 is 0. The molecule has 120 valence electrons. The molecule has 1 aromatic rings. The lowest BCUT2D eigenvalue weighted by molar-refractivity contribution is -0.187. The second-order valence-corrected chi connectivity index (χ2v) is 4.09. The van der Waals surface area contributed by atoms with E-state index in [1.807, 2.05) is 0 Å². The van der Waals surface area contributed by atoms with Gasteiger partial charge in [0.25, 0.3) is 0 Å². The van der Waals surface area contributed by atoms with Gasteiger partial charge in [-0.1, -0.05) is 6.07 Å². The molecule has 0 fully saturated rings. The van der Waals surface area contributed by atoms with Crippen molar-refractivity contribution in [2.75, 3.05) is 19.9 Å². The molecule has 0 unspecified atom stereocenters. The van der Waals surface area contributed by atoms with Crippen molar-refractivity contribution in [1.82, 2.24) is 0 Å². The lowest BCUT2D eigenvalue weighted by Crippen LogP contribution is -2.19. The van der Waals surface area contributed by atoms with Gasteiger partial charge in [0.15, 0.2) is 6.79 Å². The van der Waals surface area contributed by atoms with Crippen LogP contribution in [-0.2, 0) is 17.3 Å². The van der Waals surface area contributed by atoms with Gasteiger partial charge in [0.2, 0.25) is 0 Å². The van der Waals surface area contributed by atoms with Crippen LogP contribution in [0, 0.1) is 0 Å². The summed E-state index contributed by atoms with van der Waals surface area (Å²) in [6.45, 7) is -2.36. The Morgan fingerprint density at radius 1 is 1.05 bits per heavy atom. The third-order valence-electron chi connectivity index (χ3n) is 2.35. The van der Waals surface area contributed by atoms with Gasteiger partial charge in [0, 0.05) is 0 Å². The normalized spacial score (nSPS) is 12.5. The lowest BCUT2D eigenvalue weighted by atomic mass is 10.1. The highest BCUT2D eigenvalue weighted by molar-refractivity contribution is 5.39. The number of halogens is 6. The SMILES string of the molecule is NCCc1ccc(OCOCC(F)(F)F)c(C(F)(F)F)c1. The smallest absolute Gasteiger partial charge is 0.419 e. The highest BCUT2D eigenvalue weighted by Gasteiger charge is 2.35. The molecular formula is C12H13F6NO2. The number of ether oxygens (including phenoxy) is 2. The molecule has 0 aliphatic rings. The van der Waals surface area contributed by atoms with Crippen molar-refractivity contribution in [3.8, 4) is 5.75 Å². The standard InChI is InChI=1S/C12H13F6NO2/c13-11(14,15)6-20-7-21-10-2-1-8(3-4-19)5-9(10)12(16,17)18/h1-2,5H,3-4,6-7,19H2. The first-order valence-corrected chi connectivity index (χ1v) is 5.81. The molecule has 0 bridgehead atoms. The van der Waals surface area contributed by atoms with E-state index in [4.69, 9.17) is 5.73 Å². The molecule has 21 heavy (non-hydrogen) atoms. The number of alkyl halides is 6. The van der Waals surface area contributed by atoms with Crippen LogP contribution in [0.5, 0.6) is 5.75 Å². The van der Waals surface area contributed by atoms with Crippen LogP contribution in [0.2, 0.25) is 0 Å². The second-order valence-electron chi connectivity index (χ2n) is 4.09. The maximum atomic E-state index is 12.8. The Kier molecular flexibility index (Phi) is 5.85. The Hall–Kier alpha value is -1.48. The van der Waals surface area contributed by atoms with Gasteiger partial charge in [-0.05, 0) is 30.7 Å². The maximum Gasteiger partial charge on any atom is 0.419 e. The van der Waals surface area contributed by atoms with Crippen molar-refractivity contribution >= 4 is 0 Å². The van der Waals surface area contributed by atoms with Crippen molar-refractivity contribution in [2.45, 2.75) is 18.8 Å². The van der Waals surface area contributed by atoms with Crippen LogP contribution < -0.4 is 10.5 Å². The number of hydrogen-bond donors (Lipinski definition) is 1. The van der Waals surface area contributed by atoms with Crippen molar-refractivity contribution in [3.63, 3.8) is 0 Å². The Balaban J connectivity index is 2.77. The minimum atomic E-state index is -4.69. The van der Waals surface area contributed by atoms with Crippen LogP contribution in [0.25, 0.3) is 0 Å². The third-order valence-corrected chi connectivity index (χ3v) is 2.35. The molecule has 0 aromatic heterocycles. The fraction of sp³-hybridized carbons (Fsp3) is 0.500. The predicted molar refractivity (Wildman–Crippen MR) is 61.7 cm³/mol. The molecule has 0 atom stereocenters. The summed E-state index contributed by atoms with van der Waals surface area (Å²) in [5.74, 6) is -0.592. The van der Waals surface area contributed by atoms with E-state index in [9.17, 15) is 26.3 Å². The monoisotopic (exact) mass is 317 g/mol. The average molecular weight is 317 g/mol. The molecule has 3 nitrogen and oxygen atoms in total. The van der Waals surface area contributed by atoms with Crippen LogP contribution in [0.3, 0.4) is 0 Å². The van der Waals surface area contributed by atoms with Gasteiger partial charge in [-0.15, -0.1) is 0 Å². The van der Waals surface area contributed by atoms with E-state index >= 15 is 0 Å². The summed E-state index contributed by atoms with van der Waals surface area (Å²) in [6, 6.07) is 3.25. The number of nitrogens with two attached hydrogens (primary N) is 1. The zero-order valence-electron chi connectivity index (χ0n) is 10.7. The third kappa shape index (κ3) is 6.21. The zero-order chi connectivity index (χ0) is 16.1. The fourth-order valence-corrected chi connectivity index (χ4v) is 1.51. The summed E-state index contributed by atoms with van der Waals surface area (Å²) in [5.41, 5.74) is 4.53. The number of hydrogen-bond acceptors (Lipinski definition) is 3. The molecular weight excluding hydrogens is 304 g/mol. The minimum Gasteiger partial charge on any atom is -0.467 e. The van der Waals surface area contributed by atoms with Crippen LogP contribution in [0.4, 0.5) is 26.3 Å². The van der Waals surface area contributed by atoms with Gasteiger partial charge in [-0.3, -0.25) is 0 Å². The molecule has 0 amide bonds. The molecule has 0 heterocycles. The van der Waals surface area contributed by atoms with Crippen LogP contribution in [0.1, 0.15) is 11.1 Å². The summed E-state index contributed by atoms with van der Waals surface area (Å²) < 4.78 is 82.7. The molecule has 0 spiro atoms. The van der Waals surface area contributed by atoms with E-state index in [2.05, 4.69) is 9.47 Å². The van der Waals surface area contributed by atoms with E-state index < -0.39 is 37.1 Å². The predicted octanol–water partition coefficient (Wildman–Crippen LogP) is 3.12. The molecule has 0 saturated heterocycles. The van der Waals surface area contributed by atoms with Crippen LogP contribution in [-0.4, -0.2) is 26.1 Å². The van der Waals surface area contributed by atoms with Crippen molar-refractivity contribution < 1.29 is 35.8 Å². The van der Waals surface area contributed by atoms with E-state index in [0.29, 0.717) is 5.56 Å². The first-order valence-electron chi connectivity index (χ1n) is 5.81. The fourth-order valence-electron chi connectivity index (χ4n) is 1.51. The Morgan fingerprint density at radius 3 is 2.24 bits per heavy atom. The minimum absolute atomic E-state index is 0.173. The maximum absolute atomic E-state index is 12.8. The molecule has 1 rings (SSSR count). The second kappa shape index (κ2) is 6.99. The van der Waals surface area contributed by atoms with Crippen LogP contribution >= 0.6 is 0 Å². The van der Waals surface area contributed by atoms with Gasteiger partial charge in [0.1, 0.15) is 12.4 Å². The summed E-state index contributed by atoms with van der Waals surface area (Å²) in [7, 11) is 0. The van der Waals surface area contributed by atoms with Gasteiger partial charge in [0.05, 0.1) is 5.56 Å². The van der Waals surface area contributed by atoms with Gasteiger partial charge in [-0.25, -0.2) is 0 Å². The molecule has 0 saturated carbocycles. The average Bonchev–Trinajstić information content (AvgIpc) is 2.34. The van der Waals surface area contributed by atoms with Crippen LogP contribution in [0.15, 0.2) is 18.2 Å². The number of benzene rings is 1.